The number of aryl methyl sites for hydroxylation is 1. The van der Waals surface area contributed by atoms with Gasteiger partial charge in [-0.1, -0.05) is 66.7 Å². The highest BCUT2D eigenvalue weighted by Gasteiger charge is 2.31. The molecule has 0 spiro atoms. The van der Waals surface area contributed by atoms with Crippen LogP contribution in [-0.2, 0) is 14.8 Å². The van der Waals surface area contributed by atoms with Crippen molar-refractivity contribution in [2.24, 2.45) is 0 Å². The molecule has 0 unspecified atom stereocenters. The van der Waals surface area contributed by atoms with E-state index < -0.39 is 16.1 Å². The number of carbonyl (C=O) groups excluding carboxylic acids is 1. The lowest BCUT2D eigenvalue weighted by molar-refractivity contribution is -0.117. The predicted octanol–water partition coefficient (Wildman–Crippen LogP) is 5.33. The summed E-state index contributed by atoms with van der Waals surface area (Å²) in [5.74, 6) is -0.366. The van der Waals surface area contributed by atoms with Crippen LogP contribution in [0.4, 0.5) is 11.4 Å². The third-order valence-corrected chi connectivity index (χ3v) is 7.00. The minimum atomic E-state index is -3.67. The summed E-state index contributed by atoms with van der Waals surface area (Å²) in [7, 11) is -3.67. The lowest BCUT2D eigenvalue weighted by Gasteiger charge is -2.30. The summed E-state index contributed by atoms with van der Waals surface area (Å²) < 4.78 is 26.5. The Labute approximate surface area is 188 Å². The van der Waals surface area contributed by atoms with Gasteiger partial charge in [0, 0.05) is 9.79 Å². The van der Waals surface area contributed by atoms with Gasteiger partial charge < -0.3 is 5.32 Å². The number of carbonyl (C=O) groups is 1. The van der Waals surface area contributed by atoms with Crippen molar-refractivity contribution in [1.29, 1.82) is 0 Å². The SMILES string of the molecule is CC[C@@H](C(=O)Nc1ccccc1Sc1ccccc1)N(c1ccc(C)cc1)S(C)(=O)=O. The Balaban J connectivity index is 1.89. The van der Waals surface area contributed by atoms with E-state index in [1.165, 1.54) is 4.31 Å². The van der Waals surface area contributed by atoms with Crippen LogP contribution in [0.1, 0.15) is 18.9 Å². The Morgan fingerprint density at radius 2 is 1.58 bits per heavy atom. The molecule has 31 heavy (non-hydrogen) atoms. The molecule has 5 nitrogen and oxygen atoms in total. The molecule has 0 aliphatic rings. The molecule has 3 aromatic carbocycles. The first-order valence-corrected chi connectivity index (χ1v) is 12.6. The van der Waals surface area contributed by atoms with Crippen LogP contribution >= 0.6 is 11.8 Å². The van der Waals surface area contributed by atoms with Crippen LogP contribution in [0.3, 0.4) is 0 Å². The van der Waals surface area contributed by atoms with Gasteiger partial charge in [0.1, 0.15) is 6.04 Å². The molecule has 0 saturated carbocycles. The van der Waals surface area contributed by atoms with Crippen molar-refractivity contribution in [1.82, 2.24) is 0 Å². The highest BCUT2D eigenvalue weighted by molar-refractivity contribution is 7.99. The summed E-state index contributed by atoms with van der Waals surface area (Å²) >= 11 is 1.54. The fraction of sp³-hybridized carbons (Fsp3) is 0.208. The molecule has 162 valence electrons. The lowest BCUT2D eigenvalue weighted by atomic mass is 10.1. The van der Waals surface area contributed by atoms with Crippen LogP contribution in [0, 0.1) is 6.92 Å². The van der Waals surface area contributed by atoms with Crippen molar-refractivity contribution in [3.63, 3.8) is 0 Å². The number of rotatable bonds is 8. The summed E-state index contributed by atoms with van der Waals surface area (Å²) in [4.78, 5) is 15.2. The Hall–Kier alpha value is -2.77. The molecule has 0 saturated heterocycles. The number of amides is 1. The number of hydrogen-bond acceptors (Lipinski definition) is 4. The average Bonchev–Trinajstić information content (AvgIpc) is 2.74. The summed E-state index contributed by atoms with van der Waals surface area (Å²) in [6, 6.07) is 23.7. The Kier molecular flexibility index (Phi) is 7.41. The largest absolute Gasteiger partial charge is 0.323 e. The van der Waals surface area contributed by atoms with E-state index in [0.717, 1.165) is 21.6 Å². The van der Waals surface area contributed by atoms with Crippen molar-refractivity contribution in [2.45, 2.75) is 36.1 Å². The maximum atomic E-state index is 13.3. The van der Waals surface area contributed by atoms with E-state index in [2.05, 4.69) is 5.32 Å². The number of hydrogen-bond donors (Lipinski definition) is 1. The first-order valence-electron chi connectivity index (χ1n) is 9.98. The van der Waals surface area contributed by atoms with E-state index in [-0.39, 0.29) is 5.91 Å². The fourth-order valence-electron chi connectivity index (χ4n) is 3.24. The Morgan fingerprint density at radius 1 is 0.968 bits per heavy atom. The van der Waals surface area contributed by atoms with Gasteiger partial charge in [-0.25, -0.2) is 8.42 Å². The van der Waals surface area contributed by atoms with Crippen molar-refractivity contribution in [3.8, 4) is 0 Å². The molecule has 1 N–H and O–H groups in total. The van der Waals surface area contributed by atoms with Gasteiger partial charge in [0.2, 0.25) is 15.9 Å². The molecule has 0 aromatic heterocycles. The minimum absolute atomic E-state index is 0.334. The van der Waals surface area contributed by atoms with E-state index in [4.69, 9.17) is 0 Å². The molecule has 3 aromatic rings. The maximum absolute atomic E-state index is 13.3. The standard InChI is InChI=1S/C24H26N2O3S2/c1-4-22(26(31(3,28)29)19-16-14-18(2)15-17-19)24(27)25-21-12-8-9-13-23(21)30-20-10-6-5-7-11-20/h5-17,22H,4H2,1-3H3,(H,25,27)/t22-/m0/s1. The number of para-hydroxylation sites is 1. The van der Waals surface area contributed by atoms with Gasteiger partial charge in [0.15, 0.2) is 0 Å². The molecule has 0 radical (unpaired) electrons. The molecule has 0 fully saturated rings. The summed E-state index contributed by atoms with van der Waals surface area (Å²) in [5.41, 5.74) is 2.14. The average molecular weight is 455 g/mol. The molecule has 7 heteroatoms. The fourth-order valence-corrected chi connectivity index (χ4v) is 5.38. The smallest absolute Gasteiger partial charge is 0.248 e. The summed E-state index contributed by atoms with van der Waals surface area (Å²) in [6.45, 7) is 3.74. The number of anilines is 2. The van der Waals surface area contributed by atoms with Crippen molar-refractivity contribution >= 4 is 39.1 Å². The summed E-state index contributed by atoms with van der Waals surface area (Å²) in [6.07, 6.45) is 1.46. The van der Waals surface area contributed by atoms with E-state index in [0.29, 0.717) is 17.8 Å². The zero-order valence-electron chi connectivity index (χ0n) is 17.8. The van der Waals surface area contributed by atoms with E-state index in [1.54, 1.807) is 30.8 Å². The molecule has 0 heterocycles. The van der Waals surface area contributed by atoms with Crippen LogP contribution in [0.25, 0.3) is 0 Å². The molecule has 0 bridgehead atoms. The second-order valence-corrected chi connectivity index (χ2v) is 10.2. The van der Waals surface area contributed by atoms with Gasteiger partial charge in [0.05, 0.1) is 17.6 Å². The van der Waals surface area contributed by atoms with Gasteiger partial charge in [0.25, 0.3) is 0 Å². The van der Waals surface area contributed by atoms with Gasteiger partial charge in [-0.05, 0) is 49.7 Å². The second kappa shape index (κ2) is 10.0. The third-order valence-electron chi connectivity index (χ3n) is 4.73. The predicted molar refractivity (Wildman–Crippen MR) is 128 cm³/mol. The Bertz CT molecular complexity index is 1130. The number of nitrogens with one attached hydrogen (secondary N) is 1. The zero-order chi connectivity index (χ0) is 22.4. The van der Waals surface area contributed by atoms with Crippen LogP contribution in [0.15, 0.2) is 88.7 Å². The van der Waals surface area contributed by atoms with Crippen molar-refractivity contribution < 1.29 is 13.2 Å². The highest BCUT2D eigenvalue weighted by Crippen LogP contribution is 2.33. The number of sulfonamides is 1. The topological polar surface area (TPSA) is 66.5 Å². The zero-order valence-corrected chi connectivity index (χ0v) is 19.4. The first kappa shape index (κ1) is 22.9. The van der Waals surface area contributed by atoms with E-state index in [1.807, 2.05) is 73.7 Å². The second-order valence-electron chi connectivity index (χ2n) is 7.22. The Morgan fingerprint density at radius 3 is 2.19 bits per heavy atom. The number of nitrogens with zero attached hydrogens (tertiary/aromatic N) is 1. The van der Waals surface area contributed by atoms with Gasteiger partial charge in [-0.3, -0.25) is 9.10 Å². The van der Waals surface area contributed by atoms with Crippen LogP contribution in [-0.4, -0.2) is 26.6 Å². The van der Waals surface area contributed by atoms with Gasteiger partial charge in [-0.2, -0.15) is 0 Å². The normalized spacial score (nSPS) is 12.2. The third kappa shape index (κ3) is 5.89. The van der Waals surface area contributed by atoms with Crippen LogP contribution in [0.5, 0.6) is 0 Å². The van der Waals surface area contributed by atoms with Crippen LogP contribution in [0.2, 0.25) is 0 Å². The maximum Gasteiger partial charge on any atom is 0.248 e. The molecule has 3 rings (SSSR count). The molecule has 0 aliphatic heterocycles. The molecule has 1 amide bonds. The van der Waals surface area contributed by atoms with Crippen LogP contribution < -0.4 is 9.62 Å². The monoisotopic (exact) mass is 454 g/mol. The molecule has 1 atom stereocenters. The summed E-state index contributed by atoms with van der Waals surface area (Å²) in [5, 5.41) is 2.95. The minimum Gasteiger partial charge on any atom is -0.323 e. The highest BCUT2D eigenvalue weighted by atomic mass is 32.2. The van der Waals surface area contributed by atoms with E-state index >= 15 is 0 Å². The van der Waals surface area contributed by atoms with Crippen molar-refractivity contribution in [2.75, 3.05) is 15.9 Å². The first-order chi connectivity index (χ1) is 14.8. The number of benzene rings is 3. The van der Waals surface area contributed by atoms with Gasteiger partial charge >= 0.3 is 0 Å². The molecular formula is C24H26N2O3S2. The molecule has 0 aliphatic carbocycles. The van der Waals surface area contributed by atoms with Crippen molar-refractivity contribution in [3.05, 3.63) is 84.4 Å². The van der Waals surface area contributed by atoms with E-state index in [9.17, 15) is 13.2 Å². The lowest BCUT2D eigenvalue weighted by Crippen LogP contribution is -2.47. The quantitative estimate of drug-likeness (QED) is 0.500. The van der Waals surface area contributed by atoms with Gasteiger partial charge in [-0.15, -0.1) is 0 Å². The molecular weight excluding hydrogens is 428 g/mol.